The number of para-hydroxylation sites is 1. The number of carbonyl (C=O) groups is 1. The standard InChI is InChI=1S/C16H22N2O2/c1-2-15-11(7-8-20-15)9-18-16(19)13-10-17-14-6-4-3-5-12(13)14/h3-6,11,13,15,17H,2,7-10H2,1H3,(H,18,19). The van der Waals surface area contributed by atoms with Gasteiger partial charge in [0.05, 0.1) is 12.0 Å². The summed E-state index contributed by atoms with van der Waals surface area (Å²) in [5.41, 5.74) is 2.20. The second-order valence-corrected chi connectivity index (χ2v) is 5.63. The van der Waals surface area contributed by atoms with Gasteiger partial charge >= 0.3 is 0 Å². The summed E-state index contributed by atoms with van der Waals surface area (Å²) in [5.74, 6) is 0.534. The fourth-order valence-corrected chi connectivity index (χ4v) is 3.25. The third-order valence-electron chi connectivity index (χ3n) is 4.44. The van der Waals surface area contributed by atoms with E-state index < -0.39 is 0 Å². The van der Waals surface area contributed by atoms with Crippen molar-refractivity contribution in [1.29, 1.82) is 0 Å². The molecule has 0 spiro atoms. The van der Waals surface area contributed by atoms with E-state index in [4.69, 9.17) is 4.74 Å². The highest BCUT2D eigenvalue weighted by Gasteiger charge is 2.30. The Morgan fingerprint density at radius 3 is 3.15 bits per heavy atom. The second kappa shape index (κ2) is 5.83. The lowest BCUT2D eigenvalue weighted by Crippen LogP contribution is -2.36. The summed E-state index contributed by atoms with van der Waals surface area (Å²) in [6.07, 6.45) is 2.39. The van der Waals surface area contributed by atoms with E-state index in [1.165, 1.54) is 0 Å². The molecule has 3 rings (SSSR count). The molecule has 1 amide bonds. The third-order valence-corrected chi connectivity index (χ3v) is 4.44. The summed E-state index contributed by atoms with van der Waals surface area (Å²) < 4.78 is 5.67. The zero-order valence-electron chi connectivity index (χ0n) is 11.9. The summed E-state index contributed by atoms with van der Waals surface area (Å²) in [6, 6.07) is 8.05. The van der Waals surface area contributed by atoms with Gasteiger partial charge in [0.15, 0.2) is 0 Å². The number of anilines is 1. The smallest absolute Gasteiger partial charge is 0.229 e. The van der Waals surface area contributed by atoms with Crippen molar-refractivity contribution < 1.29 is 9.53 Å². The molecule has 0 radical (unpaired) electrons. The molecule has 1 aromatic carbocycles. The first-order chi connectivity index (χ1) is 9.79. The Kier molecular flexibility index (Phi) is 3.92. The quantitative estimate of drug-likeness (QED) is 0.884. The molecule has 0 bridgehead atoms. The Balaban J connectivity index is 1.58. The Labute approximate surface area is 119 Å². The molecule has 0 aromatic heterocycles. The lowest BCUT2D eigenvalue weighted by atomic mass is 9.97. The SMILES string of the molecule is CCC1OCCC1CNC(=O)C1CNc2ccccc21. The van der Waals surface area contributed by atoms with Gasteiger partial charge in [0.2, 0.25) is 5.91 Å². The average molecular weight is 274 g/mol. The van der Waals surface area contributed by atoms with Crippen LogP contribution in [0.25, 0.3) is 0 Å². The number of fused-ring (bicyclic) bond motifs is 1. The van der Waals surface area contributed by atoms with E-state index in [9.17, 15) is 4.79 Å². The first kappa shape index (κ1) is 13.4. The minimum atomic E-state index is -0.0615. The van der Waals surface area contributed by atoms with Crippen LogP contribution in [0, 0.1) is 5.92 Å². The van der Waals surface area contributed by atoms with Crippen LogP contribution < -0.4 is 10.6 Å². The van der Waals surface area contributed by atoms with Gasteiger partial charge in [-0.1, -0.05) is 25.1 Å². The van der Waals surface area contributed by atoms with Crippen LogP contribution in [0.2, 0.25) is 0 Å². The zero-order valence-corrected chi connectivity index (χ0v) is 11.9. The Morgan fingerprint density at radius 2 is 2.30 bits per heavy atom. The van der Waals surface area contributed by atoms with Crippen molar-refractivity contribution in [2.24, 2.45) is 5.92 Å². The highest BCUT2D eigenvalue weighted by atomic mass is 16.5. The van der Waals surface area contributed by atoms with E-state index in [0.717, 1.165) is 37.2 Å². The molecule has 1 aromatic rings. The van der Waals surface area contributed by atoms with Crippen molar-refractivity contribution in [3.63, 3.8) is 0 Å². The molecule has 3 atom stereocenters. The molecular formula is C16H22N2O2. The lowest BCUT2D eigenvalue weighted by molar-refractivity contribution is -0.122. The van der Waals surface area contributed by atoms with Crippen LogP contribution in [0.3, 0.4) is 0 Å². The largest absolute Gasteiger partial charge is 0.384 e. The van der Waals surface area contributed by atoms with Crippen LogP contribution >= 0.6 is 0 Å². The molecule has 2 aliphatic heterocycles. The highest BCUT2D eigenvalue weighted by molar-refractivity contribution is 5.88. The number of amides is 1. The van der Waals surface area contributed by atoms with Gasteiger partial charge in [-0.25, -0.2) is 0 Å². The molecule has 2 N–H and O–H groups in total. The summed E-state index contributed by atoms with van der Waals surface area (Å²) in [5, 5.41) is 6.41. The number of ether oxygens (including phenoxy) is 1. The van der Waals surface area contributed by atoms with Gasteiger partial charge in [0.25, 0.3) is 0 Å². The monoisotopic (exact) mass is 274 g/mol. The molecule has 108 valence electrons. The van der Waals surface area contributed by atoms with E-state index in [1.807, 2.05) is 24.3 Å². The molecule has 4 heteroatoms. The molecule has 20 heavy (non-hydrogen) atoms. The van der Waals surface area contributed by atoms with Gasteiger partial charge in [-0.05, 0) is 24.5 Å². The predicted molar refractivity (Wildman–Crippen MR) is 78.8 cm³/mol. The van der Waals surface area contributed by atoms with E-state index >= 15 is 0 Å². The van der Waals surface area contributed by atoms with Crippen LogP contribution in [0.1, 0.15) is 31.2 Å². The van der Waals surface area contributed by atoms with Gasteiger partial charge in [-0.2, -0.15) is 0 Å². The van der Waals surface area contributed by atoms with E-state index in [-0.39, 0.29) is 11.8 Å². The fraction of sp³-hybridized carbons (Fsp3) is 0.562. The Morgan fingerprint density at radius 1 is 1.45 bits per heavy atom. The van der Waals surface area contributed by atoms with Crippen LogP contribution in [0.15, 0.2) is 24.3 Å². The summed E-state index contributed by atoms with van der Waals surface area (Å²) in [7, 11) is 0. The van der Waals surface area contributed by atoms with Gasteiger partial charge in [0, 0.05) is 31.3 Å². The maximum absolute atomic E-state index is 12.4. The Hall–Kier alpha value is -1.55. The van der Waals surface area contributed by atoms with Crippen molar-refractivity contribution in [3.8, 4) is 0 Å². The predicted octanol–water partition coefficient (Wildman–Crippen LogP) is 2.13. The first-order valence-electron chi connectivity index (χ1n) is 7.51. The van der Waals surface area contributed by atoms with Gasteiger partial charge in [0.1, 0.15) is 0 Å². The highest BCUT2D eigenvalue weighted by Crippen LogP contribution is 2.31. The molecular weight excluding hydrogens is 252 g/mol. The number of carbonyl (C=O) groups excluding carboxylic acids is 1. The molecule has 4 nitrogen and oxygen atoms in total. The lowest BCUT2D eigenvalue weighted by Gasteiger charge is -2.18. The van der Waals surface area contributed by atoms with Gasteiger partial charge in [-0.3, -0.25) is 4.79 Å². The van der Waals surface area contributed by atoms with Crippen LogP contribution in [-0.2, 0) is 9.53 Å². The topological polar surface area (TPSA) is 50.4 Å². The molecule has 3 unspecified atom stereocenters. The Bertz CT molecular complexity index is 489. The fourth-order valence-electron chi connectivity index (χ4n) is 3.25. The maximum atomic E-state index is 12.4. The number of nitrogens with one attached hydrogen (secondary N) is 2. The van der Waals surface area contributed by atoms with Crippen molar-refractivity contribution >= 4 is 11.6 Å². The third kappa shape index (κ3) is 2.52. The average Bonchev–Trinajstić information content (AvgIpc) is 3.11. The van der Waals surface area contributed by atoms with Gasteiger partial charge in [-0.15, -0.1) is 0 Å². The molecule has 1 saturated heterocycles. The van der Waals surface area contributed by atoms with Crippen molar-refractivity contribution in [3.05, 3.63) is 29.8 Å². The maximum Gasteiger partial charge on any atom is 0.229 e. The minimum Gasteiger partial charge on any atom is -0.384 e. The number of hydrogen-bond donors (Lipinski definition) is 2. The normalized spacial score (nSPS) is 27.9. The van der Waals surface area contributed by atoms with E-state index in [1.54, 1.807) is 0 Å². The molecule has 1 fully saturated rings. The summed E-state index contributed by atoms with van der Waals surface area (Å²) in [4.78, 5) is 12.4. The second-order valence-electron chi connectivity index (χ2n) is 5.63. The number of benzene rings is 1. The number of hydrogen-bond acceptors (Lipinski definition) is 3. The molecule has 2 aliphatic rings. The first-order valence-corrected chi connectivity index (χ1v) is 7.51. The van der Waals surface area contributed by atoms with Gasteiger partial charge < -0.3 is 15.4 Å². The molecule has 2 heterocycles. The van der Waals surface area contributed by atoms with Crippen molar-refractivity contribution in [1.82, 2.24) is 5.32 Å². The van der Waals surface area contributed by atoms with E-state index in [2.05, 4.69) is 17.6 Å². The summed E-state index contributed by atoms with van der Waals surface area (Å²) >= 11 is 0. The van der Waals surface area contributed by atoms with Crippen molar-refractivity contribution in [2.45, 2.75) is 31.8 Å². The number of rotatable bonds is 4. The minimum absolute atomic E-state index is 0.0615. The van der Waals surface area contributed by atoms with Crippen LogP contribution in [0.5, 0.6) is 0 Å². The van der Waals surface area contributed by atoms with Crippen LogP contribution in [0.4, 0.5) is 5.69 Å². The molecule has 0 saturated carbocycles. The van der Waals surface area contributed by atoms with E-state index in [0.29, 0.717) is 18.6 Å². The molecule has 0 aliphatic carbocycles. The van der Waals surface area contributed by atoms with Crippen molar-refractivity contribution in [2.75, 3.05) is 25.0 Å². The summed E-state index contributed by atoms with van der Waals surface area (Å²) in [6.45, 7) is 4.40. The zero-order chi connectivity index (χ0) is 13.9. The van der Waals surface area contributed by atoms with Crippen LogP contribution in [-0.4, -0.2) is 31.7 Å².